The standard InChI is InChI=1S/C12H16N2O6/c1-8-5-10(13-20-8)19-7-11(15)14-3-4-18-9(6-14)12(16)17-2/h5,9H,3-4,6-7H2,1-2H3. The maximum Gasteiger partial charge on any atom is 0.336 e. The first-order valence-corrected chi connectivity index (χ1v) is 6.13. The van der Waals surface area contributed by atoms with E-state index in [9.17, 15) is 9.59 Å². The van der Waals surface area contributed by atoms with Crippen LogP contribution in [0, 0.1) is 6.92 Å². The normalized spacial score (nSPS) is 18.7. The Morgan fingerprint density at radius 3 is 3.00 bits per heavy atom. The van der Waals surface area contributed by atoms with Crippen molar-refractivity contribution in [2.45, 2.75) is 13.0 Å². The number of rotatable bonds is 4. The lowest BCUT2D eigenvalue weighted by molar-refractivity contribution is -0.163. The monoisotopic (exact) mass is 284 g/mol. The van der Waals surface area contributed by atoms with Crippen molar-refractivity contribution in [3.63, 3.8) is 0 Å². The summed E-state index contributed by atoms with van der Waals surface area (Å²) in [5.74, 6) is 0.122. The van der Waals surface area contributed by atoms with Crippen molar-refractivity contribution < 1.29 is 28.3 Å². The summed E-state index contributed by atoms with van der Waals surface area (Å²) in [5, 5.41) is 3.62. The SMILES string of the molecule is COC(=O)C1CN(C(=O)COc2cc(C)on2)CCO1. The smallest absolute Gasteiger partial charge is 0.336 e. The van der Waals surface area contributed by atoms with Gasteiger partial charge in [-0.05, 0) is 12.1 Å². The predicted octanol–water partition coefficient (Wildman–Crippen LogP) is -0.238. The number of carbonyl (C=O) groups excluding carboxylic acids is 2. The predicted molar refractivity (Wildman–Crippen MR) is 65.1 cm³/mol. The third kappa shape index (κ3) is 3.47. The molecule has 0 aliphatic carbocycles. The van der Waals surface area contributed by atoms with Crippen molar-refractivity contribution in [1.29, 1.82) is 0 Å². The molecule has 0 spiro atoms. The van der Waals surface area contributed by atoms with Gasteiger partial charge in [0.05, 0.1) is 20.3 Å². The van der Waals surface area contributed by atoms with Gasteiger partial charge in [0.15, 0.2) is 12.7 Å². The van der Waals surface area contributed by atoms with Crippen LogP contribution in [0.2, 0.25) is 0 Å². The summed E-state index contributed by atoms with van der Waals surface area (Å²) in [5.41, 5.74) is 0. The van der Waals surface area contributed by atoms with Crippen molar-refractivity contribution in [2.75, 3.05) is 33.4 Å². The molecule has 0 N–H and O–H groups in total. The van der Waals surface area contributed by atoms with Gasteiger partial charge in [-0.15, -0.1) is 0 Å². The number of morpholine rings is 1. The zero-order valence-corrected chi connectivity index (χ0v) is 11.3. The van der Waals surface area contributed by atoms with E-state index in [4.69, 9.17) is 14.0 Å². The second kappa shape index (κ2) is 6.38. The molecule has 1 aromatic rings. The topological polar surface area (TPSA) is 91.1 Å². The fourth-order valence-electron chi connectivity index (χ4n) is 1.79. The first kappa shape index (κ1) is 14.3. The molecule has 8 nitrogen and oxygen atoms in total. The minimum atomic E-state index is -0.744. The maximum atomic E-state index is 12.0. The van der Waals surface area contributed by atoms with Gasteiger partial charge in [-0.3, -0.25) is 4.79 Å². The summed E-state index contributed by atoms with van der Waals surface area (Å²) in [6.07, 6.45) is -0.744. The summed E-state index contributed by atoms with van der Waals surface area (Å²) in [6.45, 7) is 2.42. The Balaban J connectivity index is 1.84. The quantitative estimate of drug-likeness (QED) is 0.705. The molecule has 1 amide bonds. The molecular weight excluding hydrogens is 268 g/mol. The van der Waals surface area contributed by atoms with E-state index in [-0.39, 0.29) is 31.5 Å². The second-order valence-electron chi connectivity index (χ2n) is 4.29. The van der Waals surface area contributed by atoms with Gasteiger partial charge >= 0.3 is 5.97 Å². The van der Waals surface area contributed by atoms with Crippen LogP contribution in [0.4, 0.5) is 0 Å². The number of methoxy groups -OCH3 is 1. The average Bonchev–Trinajstić information content (AvgIpc) is 2.89. The number of amides is 1. The Labute approximate surface area is 115 Å². The van der Waals surface area contributed by atoms with E-state index in [1.54, 1.807) is 13.0 Å². The van der Waals surface area contributed by atoms with Gasteiger partial charge in [0, 0.05) is 12.6 Å². The lowest BCUT2D eigenvalue weighted by atomic mass is 10.2. The van der Waals surface area contributed by atoms with Crippen LogP contribution in [0.1, 0.15) is 5.76 Å². The Kier molecular flexibility index (Phi) is 4.57. The largest absolute Gasteiger partial charge is 0.467 e. The number of ether oxygens (including phenoxy) is 3. The summed E-state index contributed by atoms with van der Waals surface area (Å²) >= 11 is 0. The molecular formula is C12H16N2O6. The number of hydrogen-bond donors (Lipinski definition) is 0. The van der Waals surface area contributed by atoms with Crippen molar-refractivity contribution in [2.24, 2.45) is 0 Å². The van der Waals surface area contributed by atoms with E-state index >= 15 is 0 Å². The molecule has 0 radical (unpaired) electrons. The summed E-state index contributed by atoms with van der Waals surface area (Å²) in [6, 6.07) is 1.59. The summed E-state index contributed by atoms with van der Waals surface area (Å²) in [7, 11) is 1.28. The minimum Gasteiger partial charge on any atom is -0.467 e. The van der Waals surface area contributed by atoms with Crippen LogP contribution < -0.4 is 4.74 Å². The molecule has 1 aromatic heterocycles. The minimum absolute atomic E-state index is 0.159. The fourth-order valence-corrected chi connectivity index (χ4v) is 1.79. The molecule has 0 saturated carbocycles. The van der Waals surface area contributed by atoms with Gasteiger partial charge in [0.2, 0.25) is 0 Å². The number of carbonyl (C=O) groups is 2. The van der Waals surface area contributed by atoms with Gasteiger partial charge in [-0.25, -0.2) is 4.79 Å². The van der Waals surface area contributed by atoms with E-state index < -0.39 is 12.1 Å². The van der Waals surface area contributed by atoms with Crippen LogP contribution in [-0.2, 0) is 19.1 Å². The summed E-state index contributed by atoms with van der Waals surface area (Å²) in [4.78, 5) is 24.8. The molecule has 1 saturated heterocycles. The Morgan fingerprint density at radius 2 is 2.35 bits per heavy atom. The average molecular weight is 284 g/mol. The molecule has 0 bridgehead atoms. The highest BCUT2D eigenvalue weighted by atomic mass is 16.6. The van der Waals surface area contributed by atoms with Crippen LogP contribution in [-0.4, -0.2) is 61.5 Å². The number of nitrogens with zero attached hydrogens (tertiary/aromatic N) is 2. The molecule has 1 unspecified atom stereocenters. The molecule has 20 heavy (non-hydrogen) atoms. The third-order valence-electron chi connectivity index (χ3n) is 2.83. The van der Waals surface area contributed by atoms with Crippen LogP contribution in [0.15, 0.2) is 10.6 Å². The first-order valence-electron chi connectivity index (χ1n) is 6.13. The van der Waals surface area contributed by atoms with E-state index in [0.29, 0.717) is 12.3 Å². The number of aromatic nitrogens is 1. The maximum absolute atomic E-state index is 12.0. The number of esters is 1. The number of hydrogen-bond acceptors (Lipinski definition) is 7. The lowest BCUT2D eigenvalue weighted by Crippen LogP contribution is -2.50. The molecule has 1 aliphatic heterocycles. The van der Waals surface area contributed by atoms with Gasteiger partial charge in [0.1, 0.15) is 5.76 Å². The van der Waals surface area contributed by atoms with Crippen LogP contribution >= 0.6 is 0 Å². The highest BCUT2D eigenvalue weighted by Gasteiger charge is 2.30. The first-order chi connectivity index (χ1) is 9.60. The molecule has 2 heterocycles. The Bertz CT molecular complexity index is 486. The fraction of sp³-hybridized carbons (Fsp3) is 0.583. The Hall–Kier alpha value is -2.09. The van der Waals surface area contributed by atoms with E-state index in [1.807, 2.05) is 0 Å². The molecule has 8 heteroatoms. The molecule has 0 aromatic carbocycles. The molecule has 1 aliphatic rings. The zero-order valence-electron chi connectivity index (χ0n) is 11.3. The highest BCUT2D eigenvalue weighted by Crippen LogP contribution is 2.11. The second-order valence-corrected chi connectivity index (χ2v) is 4.29. The van der Waals surface area contributed by atoms with Crippen LogP contribution in [0.3, 0.4) is 0 Å². The van der Waals surface area contributed by atoms with Gasteiger partial charge in [-0.1, -0.05) is 0 Å². The molecule has 1 fully saturated rings. The zero-order chi connectivity index (χ0) is 14.5. The van der Waals surface area contributed by atoms with E-state index in [1.165, 1.54) is 12.0 Å². The van der Waals surface area contributed by atoms with Crippen LogP contribution in [0.5, 0.6) is 5.88 Å². The molecule has 2 rings (SSSR count). The van der Waals surface area contributed by atoms with Crippen LogP contribution in [0.25, 0.3) is 0 Å². The van der Waals surface area contributed by atoms with Crippen molar-refractivity contribution in [3.8, 4) is 5.88 Å². The van der Waals surface area contributed by atoms with E-state index in [0.717, 1.165) is 0 Å². The van der Waals surface area contributed by atoms with E-state index in [2.05, 4.69) is 9.89 Å². The van der Waals surface area contributed by atoms with Gasteiger partial charge in [0.25, 0.3) is 11.8 Å². The third-order valence-corrected chi connectivity index (χ3v) is 2.83. The number of aryl methyl sites for hydroxylation is 1. The Morgan fingerprint density at radius 1 is 1.55 bits per heavy atom. The lowest BCUT2D eigenvalue weighted by Gasteiger charge is -2.31. The van der Waals surface area contributed by atoms with Crippen molar-refractivity contribution in [1.82, 2.24) is 10.1 Å². The van der Waals surface area contributed by atoms with Gasteiger partial charge in [-0.2, -0.15) is 0 Å². The van der Waals surface area contributed by atoms with Crippen molar-refractivity contribution in [3.05, 3.63) is 11.8 Å². The summed E-state index contributed by atoms with van der Waals surface area (Å²) < 4.78 is 19.9. The van der Waals surface area contributed by atoms with Crippen molar-refractivity contribution >= 4 is 11.9 Å². The molecule has 1 atom stereocenters. The van der Waals surface area contributed by atoms with Gasteiger partial charge < -0.3 is 23.6 Å². The molecule has 110 valence electrons. The highest BCUT2D eigenvalue weighted by molar-refractivity contribution is 5.80.